The molecule has 0 atom stereocenters. The number of aryl methyl sites for hydroxylation is 3. The average molecular weight is 287 g/mol. The molecule has 1 aliphatic carbocycles. The van der Waals surface area contributed by atoms with Crippen molar-refractivity contribution in [2.75, 3.05) is 11.9 Å². The Kier molecular flexibility index (Phi) is 4.01. The molecule has 0 aliphatic heterocycles. The molecule has 1 aliphatic rings. The minimum absolute atomic E-state index is 0.981. The van der Waals surface area contributed by atoms with E-state index in [1.165, 1.54) is 36.1 Å². The number of aromatic nitrogens is 2. The van der Waals surface area contributed by atoms with Gasteiger partial charge in [-0.1, -0.05) is 6.92 Å². The number of hydrogen-bond donors (Lipinski definition) is 1. The zero-order chi connectivity index (χ0) is 13.9. The first kappa shape index (κ1) is 13.6. The summed E-state index contributed by atoms with van der Waals surface area (Å²) in [5, 5.41) is 6.50. The number of rotatable bonds is 4. The molecule has 4 heteroatoms. The first-order valence-electron chi connectivity index (χ1n) is 7.47. The van der Waals surface area contributed by atoms with Gasteiger partial charge in [0.05, 0.1) is 5.69 Å². The molecule has 2 heterocycles. The quantitative estimate of drug-likeness (QED) is 0.915. The van der Waals surface area contributed by atoms with Gasteiger partial charge >= 0.3 is 0 Å². The molecule has 0 spiro atoms. The van der Waals surface area contributed by atoms with Gasteiger partial charge in [0.15, 0.2) is 5.13 Å². The van der Waals surface area contributed by atoms with E-state index in [1.54, 1.807) is 11.3 Å². The molecule has 106 valence electrons. The summed E-state index contributed by atoms with van der Waals surface area (Å²) in [6, 6.07) is 2.31. The second-order valence-electron chi connectivity index (χ2n) is 5.40. The zero-order valence-electron chi connectivity index (χ0n) is 12.2. The molecule has 1 N–H and O–H groups in total. The highest BCUT2D eigenvalue weighted by molar-refractivity contribution is 7.14. The standard InChI is InChI=1S/C16H21N3S/c1-3-8-17-16-19-15(10-20-16)13-9-12-6-4-5-7-14(12)18-11(13)2/h9-10H,3-8H2,1-2H3,(H,17,19). The van der Waals surface area contributed by atoms with Crippen LogP contribution in [0.3, 0.4) is 0 Å². The van der Waals surface area contributed by atoms with Crippen molar-refractivity contribution in [1.29, 1.82) is 0 Å². The lowest BCUT2D eigenvalue weighted by Crippen LogP contribution is -2.07. The molecule has 0 unspecified atom stereocenters. The summed E-state index contributed by atoms with van der Waals surface area (Å²) in [6.07, 6.45) is 5.99. The molecule has 0 aromatic carbocycles. The van der Waals surface area contributed by atoms with Gasteiger partial charge in [-0.3, -0.25) is 4.98 Å². The van der Waals surface area contributed by atoms with E-state index in [4.69, 9.17) is 9.97 Å². The van der Waals surface area contributed by atoms with Crippen LogP contribution < -0.4 is 5.32 Å². The van der Waals surface area contributed by atoms with Crippen molar-refractivity contribution in [1.82, 2.24) is 9.97 Å². The molecule has 20 heavy (non-hydrogen) atoms. The maximum atomic E-state index is 4.81. The Balaban J connectivity index is 1.91. The van der Waals surface area contributed by atoms with Crippen LogP contribution in [0.15, 0.2) is 11.4 Å². The largest absolute Gasteiger partial charge is 0.362 e. The van der Waals surface area contributed by atoms with Gasteiger partial charge in [0, 0.05) is 28.9 Å². The molecule has 0 saturated carbocycles. The third kappa shape index (κ3) is 2.70. The molecular weight excluding hydrogens is 266 g/mol. The second kappa shape index (κ2) is 5.92. The van der Waals surface area contributed by atoms with E-state index in [9.17, 15) is 0 Å². The van der Waals surface area contributed by atoms with Crippen LogP contribution in [0, 0.1) is 6.92 Å². The van der Waals surface area contributed by atoms with Crippen molar-refractivity contribution in [2.24, 2.45) is 0 Å². The van der Waals surface area contributed by atoms with Crippen molar-refractivity contribution in [2.45, 2.75) is 46.0 Å². The molecule has 0 amide bonds. The van der Waals surface area contributed by atoms with Crippen molar-refractivity contribution >= 4 is 16.5 Å². The summed E-state index contributed by atoms with van der Waals surface area (Å²) in [7, 11) is 0. The van der Waals surface area contributed by atoms with Crippen LogP contribution in [0.2, 0.25) is 0 Å². The van der Waals surface area contributed by atoms with Crippen LogP contribution in [-0.4, -0.2) is 16.5 Å². The fourth-order valence-corrected chi connectivity index (χ4v) is 3.45. The normalized spacial score (nSPS) is 14.1. The smallest absolute Gasteiger partial charge is 0.183 e. The lowest BCUT2D eigenvalue weighted by Gasteiger charge is -2.16. The zero-order valence-corrected chi connectivity index (χ0v) is 13.0. The van der Waals surface area contributed by atoms with Gasteiger partial charge in [-0.2, -0.15) is 0 Å². The highest BCUT2D eigenvalue weighted by Gasteiger charge is 2.15. The number of anilines is 1. The fourth-order valence-electron chi connectivity index (χ4n) is 2.71. The molecule has 2 aromatic rings. The Morgan fingerprint density at radius 1 is 1.25 bits per heavy atom. The molecular formula is C16H21N3S. The summed E-state index contributed by atoms with van der Waals surface area (Å²) in [4.78, 5) is 9.50. The van der Waals surface area contributed by atoms with Crippen LogP contribution in [0.1, 0.15) is 43.1 Å². The Hall–Kier alpha value is -1.42. The van der Waals surface area contributed by atoms with Crippen molar-refractivity contribution < 1.29 is 0 Å². The topological polar surface area (TPSA) is 37.8 Å². The summed E-state index contributed by atoms with van der Waals surface area (Å²) < 4.78 is 0. The Bertz CT molecular complexity index is 604. The van der Waals surface area contributed by atoms with E-state index in [-0.39, 0.29) is 0 Å². The SMILES string of the molecule is CCCNc1nc(-c2cc3c(nc2C)CCCC3)cs1. The third-order valence-electron chi connectivity index (χ3n) is 3.80. The first-order chi connectivity index (χ1) is 9.78. The van der Waals surface area contributed by atoms with Gasteiger partial charge < -0.3 is 5.32 Å². The van der Waals surface area contributed by atoms with Crippen LogP contribution >= 0.6 is 11.3 Å². The molecule has 2 aromatic heterocycles. The van der Waals surface area contributed by atoms with Gasteiger partial charge in [0.1, 0.15) is 0 Å². The second-order valence-corrected chi connectivity index (χ2v) is 6.26. The van der Waals surface area contributed by atoms with Gasteiger partial charge in [-0.25, -0.2) is 4.98 Å². The van der Waals surface area contributed by atoms with Crippen LogP contribution in [0.4, 0.5) is 5.13 Å². The van der Waals surface area contributed by atoms with E-state index >= 15 is 0 Å². The van der Waals surface area contributed by atoms with E-state index < -0.39 is 0 Å². The summed E-state index contributed by atoms with van der Waals surface area (Å²) in [6.45, 7) is 5.25. The lowest BCUT2D eigenvalue weighted by atomic mass is 9.93. The lowest BCUT2D eigenvalue weighted by molar-refractivity contribution is 0.666. The van der Waals surface area contributed by atoms with E-state index in [0.29, 0.717) is 0 Å². The average Bonchev–Trinajstić information content (AvgIpc) is 2.93. The molecule has 0 bridgehead atoms. The van der Waals surface area contributed by atoms with E-state index in [0.717, 1.165) is 35.9 Å². The monoisotopic (exact) mass is 287 g/mol. The maximum Gasteiger partial charge on any atom is 0.183 e. The van der Waals surface area contributed by atoms with E-state index in [2.05, 4.69) is 30.6 Å². The van der Waals surface area contributed by atoms with Crippen molar-refractivity contribution in [3.05, 3.63) is 28.4 Å². The van der Waals surface area contributed by atoms with Gasteiger partial charge in [-0.05, 0) is 50.7 Å². The summed E-state index contributed by atoms with van der Waals surface area (Å²) >= 11 is 1.68. The van der Waals surface area contributed by atoms with Gasteiger partial charge in [0.2, 0.25) is 0 Å². The van der Waals surface area contributed by atoms with E-state index in [1.807, 2.05) is 0 Å². The number of hydrogen-bond acceptors (Lipinski definition) is 4. The maximum absolute atomic E-state index is 4.81. The van der Waals surface area contributed by atoms with Crippen LogP contribution in [-0.2, 0) is 12.8 Å². The van der Waals surface area contributed by atoms with Crippen molar-refractivity contribution in [3.63, 3.8) is 0 Å². The Labute approximate surface area is 124 Å². The van der Waals surface area contributed by atoms with Crippen molar-refractivity contribution in [3.8, 4) is 11.3 Å². The third-order valence-corrected chi connectivity index (χ3v) is 4.60. The number of nitrogens with zero attached hydrogens (tertiary/aromatic N) is 2. The molecule has 0 saturated heterocycles. The van der Waals surface area contributed by atoms with Crippen LogP contribution in [0.25, 0.3) is 11.3 Å². The number of thiazole rings is 1. The summed E-state index contributed by atoms with van der Waals surface area (Å²) in [5.74, 6) is 0. The molecule has 3 rings (SSSR count). The molecule has 0 radical (unpaired) electrons. The minimum atomic E-state index is 0.981. The van der Waals surface area contributed by atoms with Gasteiger partial charge in [-0.15, -0.1) is 11.3 Å². The fraction of sp³-hybridized carbons (Fsp3) is 0.500. The van der Waals surface area contributed by atoms with Gasteiger partial charge in [0.25, 0.3) is 0 Å². The predicted octanol–water partition coefficient (Wildman–Crippen LogP) is 4.21. The minimum Gasteiger partial charge on any atom is -0.362 e. The number of pyridine rings is 1. The molecule has 0 fully saturated rings. The summed E-state index contributed by atoms with van der Waals surface area (Å²) in [5.41, 5.74) is 6.10. The Morgan fingerprint density at radius 2 is 2.10 bits per heavy atom. The Morgan fingerprint density at radius 3 is 2.95 bits per heavy atom. The highest BCUT2D eigenvalue weighted by Crippen LogP contribution is 2.30. The highest BCUT2D eigenvalue weighted by atomic mass is 32.1. The first-order valence-corrected chi connectivity index (χ1v) is 8.35. The number of nitrogens with one attached hydrogen (secondary N) is 1. The van der Waals surface area contributed by atoms with Crippen LogP contribution in [0.5, 0.6) is 0 Å². The number of fused-ring (bicyclic) bond motifs is 1. The predicted molar refractivity (Wildman–Crippen MR) is 85.5 cm³/mol. The molecule has 3 nitrogen and oxygen atoms in total.